The summed E-state index contributed by atoms with van der Waals surface area (Å²) in [5.74, 6) is -0.712. The average Bonchev–Trinajstić information content (AvgIpc) is 2.39. The number of hydrogen-bond donors (Lipinski definition) is 2. The van der Waals surface area contributed by atoms with Crippen molar-refractivity contribution < 1.29 is 14.3 Å². The third-order valence-electron chi connectivity index (χ3n) is 2.72. The highest BCUT2D eigenvalue weighted by Crippen LogP contribution is 2.22. The lowest BCUT2D eigenvalue weighted by molar-refractivity contribution is -0.116. The van der Waals surface area contributed by atoms with Crippen LogP contribution in [0.5, 0.6) is 0 Å². The number of esters is 1. The van der Waals surface area contributed by atoms with E-state index in [1.165, 1.54) is 13.2 Å². The molecule has 0 aromatic heterocycles. The number of halogens is 1. The molecule has 0 radical (unpaired) electrons. The van der Waals surface area contributed by atoms with Gasteiger partial charge in [0, 0.05) is 17.5 Å². The summed E-state index contributed by atoms with van der Waals surface area (Å²) < 4.78 is 4.66. The van der Waals surface area contributed by atoms with Crippen LogP contribution >= 0.6 is 11.6 Å². The van der Waals surface area contributed by atoms with Gasteiger partial charge in [0.05, 0.1) is 18.4 Å². The Bertz CT molecular complexity index is 489. The van der Waals surface area contributed by atoms with E-state index in [1.807, 2.05) is 6.92 Å². The van der Waals surface area contributed by atoms with Gasteiger partial charge >= 0.3 is 5.97 Å². The molecule has 5 nitrogen and oxygen atoms in total. The molecule has 0 bridgehead atoms. The zero-order valence-corrected chi connectivity index (χ0v) is 12.4. The first-order valence-corrected chi connectivity index (χ1v) is 6.75. The molecule has 0 fully saturated rings. The number of methoxy groups -OCH3 is 1. The van der Waals surface area contributed by atoms with Crippen LogP contribution in [0.2, 0.25) is 5.02 Å². The fraction of sp³-hybridized carbons (Fsp3) is 0.429. The summed E-state index contributed by atoms with van der Waals surface area (Å²) in [6, 6.07) is 4.72. The van der Waals surface area contributed by atoms with Crippen molar-refractivity contribution in [2.75, 3.05) is 12.4 Å². The number of carbonyl (C=O) groups is 2. The zero-order valence-electron chi connectivity index (χ0n) is 11.6. The van der Waals surface area contributed by atoms with Crippen LogP contribution in [0.3, 0.4) is 0 Å². The Morgan fingerprint density at radius 1 is 1.45 bits per heavy atom. The molecule has 1 unspecified atom stereocenters. The van der Waals surface area contributed by atoms with Gasteiger partial charge in [0.15, 0.2) is 0 Å². The Morgan fingerprint density at radius 2 is 2.15 bits per heavy atom. The molecule has 0 aliphatic rings. The Balaban J connectivity index is 2.71. The SMILES string of the molecule is COC(=O)c1cc(Cl)ccc1NC(=O)CCCC(C)N. The number of hydrogen-bond acceptors (Lipinski definition) is 4. The first-order chi connectivity index (χ1) is 9.43. The molecule has 0 heterocycles. The molecule has 0 aliphatic heterocycles. The highest BCUT2D eigenvalue weighted by atomic mass is 35.5. The Labute approximate surface area is 123 Å². The number of benzene rings is 1. The van der Waals surface area contributed by atoms with Gasteiger partial charge in [0.25, 0.3) is 0 Å². The van der Waals surface area contributed by atoms with Crippen LogP contribution in [-0.2, 0) is 9.53 Å². The van der Waals surface area contributed by atoms with Crippen molar-refractivity contribution in [3.05, 3.63) is 28.8 Å². The van der Waals surface area contributed by atoms with Gasteiger partial charge in [-0.2, -0.15) is 0 Å². The molecule has 0 spiro atoms. The average molecular weight is 299 g/mol. The Morgan fingerprint density at radius 3 is 2.75 bits per heavy atom. The van der Waals surface area contributed by atoms with Crippen molar-refractivity contribution in [2.24, 2.45) is 5.73 Å². The molecule has 110 valence electrons. The third kappa shape index (κ3) is 5.19. The monoisotopic (exact) mass is 298 g/mol. The lowest BCUT2D eigenvalue weighted by atomic mass is 10.1. The number of anilines is 1. The Hall–Kier alpha value is -1.59. The van der Waals surface area contributed by atoms with E-state index in [-0.39, 0.29) is 17.5 Å². The van der Waals surface area contributed by atoms with E-state index in [9.17, 15) is 9.59 Å². The summed E-state index contributed by atoms with van der Waals surface area (Å²) in [5.41, 5.74) is 6.25. The fourth-order valence-corrected chi connectivity index (χ4v) is 1.87. The van der Waals surface area contributed by atoms with E-state index in [2.05, 4.69) is 10.1 Å². The molecule has 1 amide bonds. The number of amides is 1. The predicted octanol–water partition coefficient (Wildman–Crippen LogP) is 2.58. The van der Waals surface area contributed by atoms with Gasteiger partial charge in [-0.1, -0.05) is 11.6 Å². The summed E-state index contributed by atoms with van der Waals surface area (Å²) in [7, 11) is 1.28. The second-order valence-corrected chi connectivity index (χ2v) is 5.04. The maximum Gasteiger partial charge on any atom is 0.340 e. The van der Waals surface area contributed by atoms with E-state index < -0.39 is 5.97 Å². The molecular formula is C14H19ClN2O3. The van der Waals surface area contributed by atoms with Crippen LogP contribution in [0, 0.1) is 0 Å². The number of rotatable bonds is 6. The molecule has 3 N–H and O–H groups in total. The van der Waals surface area contributed by atoms with Crippen molar-refractivity contribution in [1.29, 1.82) is 0 Å². The van der Waals surface area contributed by atoms with E-state index in [4.69, 9.17) is 17.3 Å². The minimum Gasteiger partial charge on any atom is -0.465 e. The standard InChI is InChI=1S/C14H19ClN2O3/c1-9(16)4-3-5-13(18)17-12-7-6-10(15)8-11(12)14(19)20-2/h6-9H,3-5,16H2,1-2H3,(H,17,18). The van der Waals surface area contributed by atoms with Gasteiger partial charge < -0.3 is 15.8 Å². The Kier molecular flexibility index (Phi) is 6.48. The van der Waals surface area contributed by atoms with Gasteiger partial charge in [-0.25, -0.2) is 4.79 Å². The molecule has 1 aromatic carbocycles. The number of carbonyl (C=O) groups excluding carboxylic acids is 2. The molecule has 0 saturated heterocycles. The van der Waals surface area contributed by atoms with Crippen molar-refractivity contribution >= 4 is 29.2 Å². The lowest BCUT2D eigenvalue weighted by Gasteiger charge is -2.10. The second-order valence-electron chi connectivity index (χ2n) is 4.60. The van der Waals surface area contributed by atoms with E-state index in [1.54, 1.807) is 12.1 Å². The first-order valence-electron chi connectivity index (χ1n) is 6.37. The third-order valence-corrected chi connectivity index (χ3v) is 2.96. The van der Waals surface area contributed by atoms with Gasteiger partial charge in [-0.3, -0.25) is 4.79 Å². The molecule has 0 aliphatic carbocycles. The maximum atomic E-state index is 11.8. The minimum absolute atomic E-state index is 0.0731. The molecule has 1 atom stereocenters. The van der Waals surface area contributed by atoms with Gasteiger partial charge in [-0.05, 0) is 38.0 Å². The van der Waals surface area contributed by atoms with E-state index in [0.717, 1.165) is 6.42 Å². The number of nitrogens with two attached hydrogens (primary N) is 1. The first kappa shape index (κ1) is 16.5. The van der Waals surface area contributed by atoms with Crippen LogP contribution in [0.25, 0.3) is 0 Å². The molecular weight excluding hydrogens is 280 g/mol. The molecule has 20 heavy (non-hydrogen) atoms. The largest absolute Gasteiger partial charge is 0.465 e. The summed E-state index contributed by atoms with van der Waals surface area (Å²) >= 11 is 5.84. The highest BCUT2D eigenvalue weighted by molar-refractivity contribution is 6.31. The van der Waals surface area contributed by atoms with Crippen molar-refractivity contribution in [3.63, 3.8) is 0 Å². The summed E-state index contributed by atoms with van der Waals surface area (Å²) in [6.07, 6.45) is 1.83. The van der Waals surface area contributed by atoms with E-state index >= 15 is 0 Å². The van der Waals surface area contributed by atoms with Crippen LogP contribution in [0.15, 0.2) is 18.2 Å². The van der Waals surface area contributed by atoms with Crippen molar-refractivity contribution in [1.82, 2.24) is 0 Å². The number of nitrogens with one attached hydrogen (secondary N) is 1. The quantitative estimate of drug-likeness (QED) is 0.791. The topological polar surface area (TPSA) is 81.4 Å². The number of ether oxygens (including phenoxy) is 1. The lowest BCUT2D eigenvalue weighted by Crippen LogP contribution is -2.18. The normalized spacial score (nSPS) is 11.8. The van der Waals surface area contributed by atoms with Gasteiger partial charge in [-0.15, -0.1) is 0 Å². The highest BCUT2D eigenvalue weighted by Gasteiger charge is 2.14. The second kappa shape index (κ2) is 7.87. The van der Waals surface area contributed by atoms with Crippen LogP contribution in [0.1, 0.15) is 36.5 Å². The summed E-state index contributed by atoms with van der Waals surface area (Å²) in [6.45, 7) is 1.90. The zero-order chi connectivity index (χ0) is 15.1. The maximum absolute atomic E-state index is 11.8. The van der Waals surface area contributed by atoms with Crippen molar-refractivity contribution in [3.8, 4) is 0 Å². The van der Waals surface area contributed by atoms with Crippen LogP contribution < -0.4 is 11.1 Å². The minimum atomic E-state index is -0.543. The molecule has 0 saturated carbocycles. The van der Waals surface area contributed by atoms with Gasteiger partial charge in [0.2, 0.25) is 5.91 Å². The molecule has 6 heteroatoms. The van der Waals surface area contributed by atoms with Crippen LogP contribution in [0.4, 0.5) is 5.69 Å². The molecule has 1 aromatic rings. The summed E-state index contributed by atoms with van der Waals surface area (Å²) in [5, 5.41) is 3.09. The molecule has 1 rings (SSSR count). The van der Waals surface area contributed by atoms with E-state index in [0.29, 0.717) is 23.6 Å². The smallest absolute Gasteiger partial charge is 0.340 e. The predicted molar refractivity (Wildman–Crippen MR) is 78.9 cm³/mol. The van der Waals surface area contributed by atoms with Gasteiger partial charge in [0.1, 0.15) is 0 Å². The summed E-state index contributed by atoms with van der Waals surface area (Å²) in [4.78, 5) is 23.4. The van der Waals surface area contributed by atoms with Crippen molar-refractivity contribution in [2.45, 2.75) is 32.2 Å². The van der Waals surface area contributed by atoms with Crippen LogP contribution in [-0.4, -0.2) is 25.0 Å². The fourth-order valence-electron chi connectivity index (χ4n) is 1.70.